The van der Waals surface area contributed by atoms with E-state index in [0.717, 1.165) is 22.5 Å². The maximum absolute atomic E-state index is 5.13. The van der Waals surface area contributed by atoms with E-state index >= 15 is 0 Å². The lowest BCUT2D eigenvalue weighted by Crippen LogP contribution is -2.27. The summed E-state index contributed by atoms with van der Waals surface area (Å²) in [5.74, 6) is 0.801. The van der Waals surface area contributed by atoms with E-state index in [0.29, 0.717) is 5.11 Å². The molecule has 82 valence electrons. The van der Waals surface area contributed by atoms with Crippen LogP contribution in [0.5, 0.6) is 5.75 Å². The number of hydrogen-bond acceptors (Lipinski definition) is 2. The summed E-state index contributed by atoms with van der Waals surface area (Å²) < 4.78 is 6.03. The van der Waals surface area contributed by atoms with Crippen molar-refractivity contribution < 1.29 is 4.74 Å². The van der Waals surface area contributed by atoms with E-state index in [-0.39, 0.29) is 0 Å². The summed E-state index contributed by atoms with van der Waals surface area (Å²) in [4.78, 5) is 0. The van der Waals surface area contributed by atoms with Crippen LogP contribution in [0, 0.1) is 0 Å². The number of thiocarbonyl (C=S) groups is 1. The van der Waals surface area contributed by atoms with Crippen LogP contribution in [-0.2, 0) is 0 Å². The van der Waals surface area contributed by atoms with Gasteiger partial charge in [0.2, 0.25) is 0 Å². The van der Waals surface area contributed by atoms with Crippen LogP contribution in [-0.4, -0.2) is 18.8 Å². The molecule has 0 amide bonds. The lowest BCUT2D eigenvalue weighted by molar-refractivity contribution is 0.412. The predicted molar refractivity (Wildman–Crippen MR) is 70.6 cm³/mol. The summed E-state index contributed by atoms with van der Waals surface area (Å²) in [5.41, 5.74) is 0.925. The van der Waals surface area contributed by atoms with Gasteiger partial charge in [-0.1, -0.05) is 0 Å². The first-order valence-electron chi connectivity index (χ1n) is 4.55. The molecule has 0 aromatic heterocycles. The minimum Gasteiger partial charge on any atom is -0.496 e. The molecule has 0 atom stereocenters. The van der Waals surface area contributed by atoms with Gasteiger partial charge in [0.15, 0.2) is 5.11 Å². The molecule has 1 aromatic rings. The van der Waals surface area contributed by atoms with Gasteiger partial charge in [-0.05, 0) is 53.3 Å². The molecule has 0 unspecified atom stereocenters. The van der Waals surface area contributed by atoms with Gasteiger partial charge in [-0.15, -0.1) is 0 Å². The monoisotopic (exact) mass is 288 g/mol. The van der Waals surface area contributed by atoms with E-state index < -0.39 is 0 Å². The number of halogens is 1. The molecule has 0 fully saturated rings. The minimum atomic E-state index is 0.620. The smallest absolute Gasteiger partial charge is 0.170 e. The highest BCUT2D eigenvalue weighted by Gasteiger charge is 2.02. The molecule has 3 nitrogen and oxygen atoms in total. The maximum atomic E-state index is 5.13. The van der Waals surface area contributed by atoms with Gasteiger partial charge in [0.25, 0.3) is 0 Å². The number of nitrogens with one attached hydrogen (secondary N) is 2. The highest BCUT2D eigenvalue weighted by molar-refractivity contribution is 9.10. The molecule has 1 aromatic carbocycles. The van der Waals surface area contributed by atoms with E-state index in [2.05, 4.69) is 26.6 Å². The third-order valence-electron chi connectivity index (χ3n) is 1.75. The zero-order valence-corrected chi connectivity index (χ0v) is 11.0. The Bertz CT molecular complexity index is 357. The third kappa shape index (κ3) is 3.68. The Morgan fingerprint density at radius 1 is 1.53 bits per heavy atom. The fourth-order valence-corrected chi connectivity index (χ4v) is 1.88. The zero-order valence-electron chi connectivity index (χ0n) is 8.63. The van der Waals surface area contributed by atoms with Crippen molar-refractivity contribution in [2.24, 2.45) is 0 Å². The second kappa shape index (κ2) is 5.92. The molecule has 0 aliphatic carbocycles. The van der Waals surface area contributed by atoms with Gasteiger partial charge in [0, 0.05) is 12.2 Å². The number of rotatable bonds is 3. The average Bonchev–Trinajstić information content (AvgIpc) is 2.18. The predicted octanol–water partition coefficient (Wildman–Crippen LogP) is 2.76. The second-order valence-electron chi connectivity index (χ2n) is 2.83. The summed E-state index contributed by atoms with van der Waals surface area (Å²) >= 11 is 8.48. The summed E-state index contributed by atoms with van der Waals surface area (Å²) in [5, 5.41) is 6.71. The number of benzene rings is 1. The van der Waals surface area contributed by atoms with Gasteiger partial charge in [0.1, 0.15) is 5.75 Å². The number of methoxy groups -OCH3 is 1. The van der Waals surface area contributed by atoms with Gasteiger partial charge >= 0.3 is 0 Å². The quantitative estimate of drug-likeness (QED) is 0.838. The van der Waals surface area contributed by atoms with Crippen molar-refractivity contribution in [3.05, 3.63) is 22.7 Å². The van der Waals surface area contributed by atoms with Crippen molar-refractivity contribution in [2.45, 2.75) is 6.92 Å². The van der Waals surface area contributed by atoms with E-state index in [1.807, 2.05) is 25.1 Å². The first-order valence-corrected chi connectivity index (χ1v) is 5.76. The van der Waals surface area contributed by atoms with Crippen molar-refractivity contribution in [1.82, 2.24) is 5.32 Å². The Hall–Kier alpha value is -0.810. The molecule has 0 saturated heterocycles. The van der Waals surface area contributed by atoms with Gasteiger partial charge in [-0.2, -0.15) is 0 Å². The zero-order chi connectivity index (χ0) is 11.3. The van der Waals surface area contributed by atoms with Crippen LogP contribution in [0.3, 0.4) is 0 Å². The molecular formula is C10H13BrN2OS. The van der Waals surface area contributed by atoms with E-state index in [1.165, 1.54) is 0 Å². The first kappa shape index (κ1) is 12.3. The minimum absolute atomic E-state index is 0.620. The van der Waals surface area contributed by atoms with E-state index in [9.17, 15) is 0 Å². The van der Waals surface area contributed by atoms with Crippen LogP contribution in [0.15, 0.2) is 22.7 Å². The Balaban J connectivity index is 2.71. The topological polar surface area (TPSA) is 33.3 Å². The Morgan fingerprint density at radius 2 is 2.27 bits per heavy atom. The van der Waals surface area contributed by atoms with E-state index in [1.54, 1.807) is 7.11 Å². The van der Waals surface area contributed by atoms with Crippen molar-refractivity contribution in [2.75, 3.05) is 19.0 Å². The fraction of sp³-hybridized carbons (Fsp3) is 0.300. The van der Waals surface area contributed by atoms with Crippen LogP contribution < -0.4 is 15.4 Å². The summed E-state index contributed by atoms with van der Waals surface area (Å²) in [6.45, 7) is 2.81. The lowest BCUT2D eigenvalue weighted by atomic mass is 10.3. The van der Waals surface area contributed by atoms with Gasteiger partial charge in [0.05, 0.1) is 11.6 Å². The van der Waals surface area contributed by atoms with E-state index in [4.69, 9.17) is 17.0 Å². The number of hydrogen-bond donors (Lipinski definition) is 2. The van der Waals surface area contributed by atoms with Crippen molar-refractivity contribution in [3.8, 4) is 5.75 Å². The lowest BCUT2D eigenvalue weighted by Gasteiger charge is -2.10. The molecule has 2 N–H and O–H groups in total. The van der Waals surface area contributed by atoms with Crippen molar-refractivity contribution >= 4 is 38.9 Å². The van der Waals surface area contributed by atoms with Gasteiger partial charge < -0.3 is 15.4 Å². The van der Waals surface area contributed by atoms with Crippen LogP contribution in [0.25, 0.3) is 0 Å². The van der Waals surface area contributed by atoms with Gasteiger partial charge in [-0.3, -0.25) is 0 Å². The molecule has 0 radical (unpaired) electrons. The van der Waals surface area contributed by atoms with Crippen LogP contribution in [0.2, 0.25) is 0 Å². The number of anilines is 1. The first-order chi connectivity index (χ1) is 7.17. The Kier molecular flexibility index (Phi) is 4.84. The van der Waals surface area contributed by atoms with Gasteiger partial charge in [-0.25, -0.2) is 0 Å². The second-order valence-corrected chi connectivity index (χ2v) is 4.10. The summed E-state index contributed by atoms with van der Waals surface area (Å²) in [6, 6.07) is 5.71. The number of ether oxygens (including phenoxy) is 1. The Morgan fingerprint density at radius 3 is 2.80 bits per heavy atom. The molecule has 5 heteroatoms. The fourth-order valence-electron chi connectivity index (χ4n) is 1.08. The normalized spacial score (nSPS) is 9.53. The molecule has 1 rings (SSSR count). The molecule has 0 saturated carbocycles. The summed E-state index contributed by atoms with van der Waals surface area (Å²) in [6.07, 6.45) is 0. The van der Waals surface area contributed by atoms with Crippen molar-refractivity contribution in [1.29, 1.82) is 0 Å². The standard InChI is InChI=1S/C10H13BrN2OS/c1-3-12-10(15)13-7-4-5-9(14-2)8(11)6-7/h4-6H,3H2,1-2H3,(H2,12,13,15). The molecule has 0 bridgehead atoms. The molecule has 15 heavy (non-hydrogen) atoms. The third-order valence-corrected chi connectivity index (χ3v) is 2.61. The SMILES string of the molecule is CCNC(=S)Nc1ccc(OC)c(Br)c1. The molecular weight excluding hydrogens is 276 g/mol. The van der Waals surface area contributed by atoms with Crippen molar-refractivity contribution in [3.63, 3.8) is 0 Å². The Labute approximate surface area is 103 Å². The molecule has 0 aliphatic heterocycles. The molecule has 0 heterocycles. The van der Waals surface area contributed by atoms with Crippen LogP contribution in [0.4, 0.5) is 5.69 Å². The maximum Gasteiger partial charge on any atom is 0.170 e. The largest absolute Gasteiger partial charge is 0.496 e. The summed E-state index contributed by atoms with van der Waals surface area (Å²) in [7, 11) is 1.64. The molecule has 0 aliphatic rings. The average molecular weight is 289 g/mol. The van der Waals surface area contributed by atoms with Crippen LogP contribution >= 0.6 is 28.1 Å². The highest BCUT2D eigenvalue weighted by Crippen LogP contribution is 2.27. The molecule has 0 spiro atoms. The van der Waals surface area contributed by atoms with Crippen LogP contribution in [0.1, 0.15) is 6.92 Å². The highest BCUT2D eigenvalue weighted by atomic mass is 79.9.